The van der Waals surface area contributed by atoms with Crippen molar-refractivity contribution in [3.8, 4) is 0 Å². The second-order valence-corrected chi connectivity index (χ2v) is 9.24. The maximum atomic E-state index is 13.6. The van der Waals surface area contributed by atoms with Crippen molar-refractivity contribution < 1.29 is 26.7 Å². The molecule has 0 saturated carbocycles. The van der Waals surface area contributed by atoms with Gasteiger partial charge in [-0.15, -0.1) is 0 Å². The topological polar surface area (TPSA) is 41.7 Å². The summed E-state index contributed by atoms with van der Waals surface area (Å²) in [6.45, 7) is 5.84. The van der Waals surface area contributed by atoms with Crippen molar-refractivity contribution in [1.82, 2.24) is 9.80 Å². The van der Waals surface area contributed by atoms with E-state index >= 15 is 0 Å². The largest absolute Gasteiger partial charge is 0.416 e. The Morgan fingerprint density at radius 2 is 1.82 bits per heavy atom. The van der Waals surface area contributed by atoms with E-state index in [9.17, 15) is 22.0 Å². The molecule has 0 aromatic heterocycles. The van der Waals surface area contributed by atoms with Crippen LogP contribution in [0.1, 0.15) is 24.8 Å². The highest BCUT2D eigenvalue weighted by atomic mass is 19.4. The van der Waals surface area contributed by atoms with E-state index in [0.29, 0.717) is 0 Å². The molecule has 1 aromatic rings. The zero-order chi connectivity index (χ0) is 24.9. The van der Waals surface area contributed by atoms with Crippen molar-refractivity contribution in [3.63, 3.8) is 0 Å². The van der Waals surface area contributed by atoms with E-state index < -0.39 is 17.9 Å². The van der Waals surface area contributed by atoms with E-state index in [4.69, 9.17) is 10.5 Å². The number of alkyl halides is 4. The van der Waals surface area contributed by atoms with Gasteiger partial charge in [-0.05, 0) is 74.8 Å². The molecular formula is C25H32F5N3O. The summed E-state index contributed by atoms with van der Waals surface area (Å²) in [7, 11) is 2.02. The predicted molar refractivity (Wildman–Crippen MR) is 122 cm³/mol. The summed E-state index contributed by atoms with van der Waals surface area (Å²) >= 11 is 0. The molecule has 2 aliphatic heterocycles. The third-order valence-corrected chi connectivity index (χ3v) is 6.55. The Labute approximate surface area is 197 Å². The van der Waals surface area contributed by atoms with Gasteiger partial charge in [0.2, 0.25) is 0 Å². The fraction of sp³-hybridized carbons (Fsp3) is 0.520. The van der Waals surface area contributed by atoms with Gasteiger partial charge in [0.1, 0.15) is 12.0 Å². The summed E-state index contributed by atoms with van der Waals surface area (Å²) in [5.41, 5.74) is 5.58. The Morgan fingerprint density at radius 3 is 2.38 bits per heavy atom. The van der Waals surface area contributed by atoms with Crippen molar-refractivity contribution in [2.45, 2.75) is 37.0 Å². The van der Waals surface area contributed by atoms with Gasteiger partial charge >= 0.3 is 6.18 Å². The number of nitrogens with two attached hydrogens (primary N) is 1. The number of nitrogens with zero attached hydrogens (tertiary/aromatic N) is 2. The molecule has 0 bridgehead atoms. The second kappa shape index (κ2) is 10.9. The van der Waals surface area contributed by atoms with Crippen LogP contribution in [0.4, 0.5) is 22.0 Å². The van der Waals surface area contributed by atoms with Crippen LogP contribution in [0.25, 0.3) is 0 Å². The van der Waals surface area contributed by atoms with Gasteiger partial charge in [-0.3, -0.25) is 0 Å². The van der Waals surface area contributed by atoms with Crippen LogP contribution < -0.4 is 5.73 Å². The molecule has 0 unspecified atom stereocenters. The van der Waals surface area contributed by atoms with Crippen molar-refractivity contribution in [2.75, 3.05) is 46.4 Å². The lowest BCUT2D eigenvalue weighted by atomic mass is 9.73. The Hall–Kier alpha value is -2.39. The van der Waals surface area contributed by atoms with E-state index in [0.717, 1.165) is 43.6 Å². The predicted octanol–water partition coefficient (Wildman–Crippen LogP) is 4.69. The van der Waals surface area contributed by atoms with Crippen LogP contribution in [0.3, 0.4) is 0 Å². The minimum absolute atomic E-state index is 0.0157. The first-order valence-electron chi connectivity index (χ1n) is 11.3. The molecule has 2 N–H and O–H groups in total. The Kier molecular flexibility index (Phi) is 8.41. The number of likely N-dealkylation sites (tertiary alicyclic amines) is 2. The van der Waals surface area contributed by atoms with Crippen LogP contribution in [-0.2, 0) is 10.2 Å². The van der Waals surface area contributed by atoms with Gasteiger partial charge in [0.15, 0.2) is 0 Å². The highest BCUT2D eigenvalue weighted by molar-refractivity contribution is 5.34. The molecule has 0 aliphatic carbocycles. The second-order valence-electron chi connectivity index (χ2n) is 9.24. The highest BCUT2D eigenvalue weighted by Crippen LogP contribution is 2.36. The van der Waals surface area contributed by atoms with Crippen LogP contribution in [0.5, 0.6) is 0 Å². The summed E-state index contributed by atoms with van der Waals surface area (Å²) in [6.07, 6.45) is -2.19. The smallest absolute Gasteiger partial charge is 0.385 e. The molecule has 2 heterocycles. The molecule has 0 radical (unpaired) electrons. The molecule has 9 heteroatoms. The number of halogens is 5. The van der Waals surface area contributed by atoms with Crippen molar-refractivity contribution >= 4 is 0 Å². The molecule has 2 fully saturated rings. The molecule has 3 rings (SSSR count). The number of hydrogen-bond donors (Lipinski definition) is 1. The molecule has 2 aliphatic rings. The van der Waals surface area contributed by atoms with Crippen LogP contribution in [0, 0.1) is 5.82 Å². The SMILES string of the molecule is C=C(/C=C(\C=C(/N)N1CC[C@@H](F)C1)C(F)(F)F)COCC1(c2ccc(F)cc2)CCN(C)CC1. The molecule has 0 spiro atoms. The molecule has 188 valence electrons. The minimum Gasteiger partial charge on any atom is -0.385 e. The van der Waals surface area contributed by atoms with Crippen molar-refractivity contribution in [2.24, 2.45) is 5.73 Å². The van der Waals surface area contributed by atoms with E-state index in [1.165, 1.54) is 17.0 Å². The van der Waals surface area contributed by atoms with Crippen LogP contribution in [0.2, 0.25) is 0 Å². The average Bonchev–Trinajstić information content (AvgIpc) is 3.21. The fourth-order valence-corrected chi connectivity index (χ4v) is 4.41. The van der Waals surface area contributed by atoms with Gasteiger partial charge in [0, 0.05) is 12.0 Å². The molecule has 0 amide bonds. The van der Waals surface area contributed by atoms with Gasteiger partial charge in [-0.25, -0.2) is 8.78 Å². The summed E-state index contributed by atoms with van der Waals surface area (Å²) in [5, 5.41) is 0. The van der Waals surface area contributed by atoms with Gasteiger partial charge in [-0.1, -0.05) is 18.7 Å². The van der Waals surface area contributed by atoms with Gasteiger partial charge < -0.3 is 20.3 Å². The minimum atomic E-state index is -4.65. The summed E-state index contributed by atoms with van der Waals surface area (Å²) in [5.74, 6) is -0.451. The van der Waals surface area contributed by atoms with E-state index in [-0.39, 0.29) is 55.4 Å². The van der Waals surface area contributed by atoms with E-state index in [1.54, 1.807) is 12.1 Å². The first kappa shape index (κ1) is 26.2. The van der Waals surface area contributed by atoms with E-state index in [2.05, 4.69) is 11.5 Å². The third kappa shape index (κ3) is 6.82. The van der Waals surface area contributed by atoms with Crippen LogP contribution in [-0.4, -0.2) is 68.6 Å². The number of hydrogen-bond acceptors (Lipinski definition) is 4. The van der Waals surface area contributed by atoms with Gasteiger partial charge in [-0.2, -0.15) is 13.2 Å². The van der Waals surface area contributed by atoms with Crippen molar-refractivity contribution in [3.05, 3.63) is 71.3 Å². The third-order valence-electron chi connectivity index (χ3n) is 6.55. The standard InChI is InChI=1S/C25H32F5N3O/c1-18(13-20(25(28,29)30)14-23(31)33-10-7-22(27)15-33)16-34-17-24(8-11-32(2)12-9-24)19-3-5-21(26)6-4-19/h3-6,13-14,22H,1,7-12,15-17,31H2,2H3/b20-13+,23-14+/t22-/m1/s1. The average molecular weight is 486 g/mol. The van der Waals surface area contributed by atoms with Gasteiger partial charge in [0.05, 0.1) is 31.2 Å². The normalized spacial score (nSPS) is 22.3. The lowest BCUT2D eigenvalue weighted by molar-refractivity contribution is -0.0884. The first-order valence-corrected chi connectivity index (χ1v) is 11.3. The zero-order valence-electron chi connectivity index (χ0n) is 19.4. The maximum absolute atomic E-state index is 13.6. The first-order chi connectivity index (χ1) is 16.0. The van der Waals surface area contributed by atoms with Crippen molar-refractivity contribution in [1.29, 1.82) is 0 Å². The number of benzene rings is 1. The molecular weight excluding hydrogens is 453 g/mol. The Bertz CT molecular complexity index is 902. The maximum Gasteiger partial charge on any atom is 0.416 e. The molecule has 1 aromatic carbocycles. The van der Waals surface area contributed by atoms with E-state index in [1.807, 2.05) is 7.05 Å². The van der Waals surface area contributed by atoms with Crippen LogP contribution >= 0.6 is 0 Å². The number of ether oxygens (including phenoxy) is 1. The molecule has 1 atom stereocenters. The Balaban J connectivity index is 1.68. The lowest BCUT2D eigenvalue weighted by Crippen LogP contribution is -2.44. The quantitative estimate of drug-likeness (QED) is 0.428. The van der Waals surface area contributed by atoms with Crippen LogP contribution in [0.15, 0.2) is 60.0 Å². The summed E-state index contributed by atoms with van der Waals surface area (Å²) in [6, 6.07) is 6.31. The molecule has 34 heavy (non-hydrogen) atoms. The van der Waals surface area contributed by atoms with Gasteiger partial charge in [0.25, 0.3) is 0 Å². The highest BCUT2D eigenvalue weighted by Gasteiger charge is 2.36. The molecule has 2 saturated heterocycles. The monoisotopic (exact) mass is 485 g/mol. The zero-order valence-corrected chi connectivity index (χ0v) is 19.4. The Morgan fingerprint density at radius 1 is 1.18 bits per heavy atom. The lowest BCUT2D eigenvalue weighted by Gasteiger charge is -2.41. The summed E-state index contributed by atoms with van der Waals surface area (Å²) < 4.78 is 73.5. The fourth-order valence-electron chi connectivity index (χ4n) is 4.41. The molecule has 4 nitrogen and oxygen atoms in total. The number of piperidine rings is 1. The number of allylic oxidation sites excluding steroid dienone is 2. The summed E-state index contributed by atoms with van der Waals surface area (Å²) in [4.78, 5) is 3.59. The number of rotatable bonds is 8.